The summed E-state index contributed by atoms with van der Waals surface area (Å²) in [7, 11) is 0. The monoisotopic (exact) mass is 285 g/mol. The van der Waals surface area contributed by atoms with Gasteiger partial charge in [0.25, 0.3) is 0 Å². The lowest BCUT2D eigenvalue weighted by Crippen LogP contribution is -2.25. The maximum absolute atomic E-state index is 11.7. The third-order valence-corrected chi connectivity index (χ3v) is 3.05. The molecule has 0 aliphatic rings. The van der Waals surface area contributed by atoms with E-state index in [9.17, 15) is 4.79 Å². The van der Waals surface area contributed by atoms with Crippen molar-refractivity contribution in [1.29, 1.82) is 0 Å². The van der Waals surface area contributed by atoms with E-state index in [-0.39, 0.29) is 5.91 Å². The maximum Gasteiger partial charge on any atom is 0.223 e. The molecule has 1 heterocycles. The number of rotatable bonds is 6. The smallest absolute Gasteiger partial charge is 0.223 e. The number of carbonyl (C=O) groups is 1. The molecule has 2 rings (SSSR count). The summed E-state index contributed by atoms with van der Waals surface area (Å²) in [5, 5.41) is 2.83. The average Bonchev–Trinajstić information content (AvgIpc) is 2.48. The number of nitrogen functional groups attached to an aromatic ring is 1. The fraction of sp³-hybridized carbons (Fsp3) is 0.250. The number of anilines is 1. The van der Waals surface area contributed by atoms with Gasteiger partial charge in [-0.05, 0) is 42.8 Å². The molecule has 5 nitrogen and oxygen atoms in total. The Labute approximate surface area is 124 Å². The zero-order chi connectivity index (χ0) is 15.1. The first-order chi connectivity index (χ1) is 10.1. The zero-order valence-corrected chi connectivity index (χ0v) is 12.0. The van der Waals surface area contributed by atoms with Crippen LogP contribution in [0.15, 0.2) is 42.6 Å². The van der Waals surface area contributed by atoms with E-state index >= 15 is 0 Å². The van der Waals surface area contributed by atoms with Gasteiger partial charge < -0.3 is 15.8 Å². The summed E-state index contributed by atoms with van der Waals surface area (Å²) in [5.41, 5.74) is 8.22. The number of nitrogens with zero attached hydrogens (tertiary/aromatic N) is 1. The number of aromatic nitrogens is 1. The highest BCUT2D eigenvalue weighted by Gasteiger charge is 2.04. The van der Waals surface area contributed by atoms with E-state index in [1.165, 1.54) is 0 Å². The fourth-order valence-corrected chi connectivity index (χ4v) is 1.80. The number of pyridine rings is 1. The molecule has 110 valence electrons. The second kappa shape index (κ2) is 7.28. The summed E-state index contributed by atoms with van der Waals surface area (Å²) in [5.74, 6) is 0.646. The van der Waals surface area contributed by atoms with Gasteiger partial charge in [0.2, 0.25) is 5.91 Å². The summed E-state index contributed by atoms with van der Waals surface area (Å²) < 4.78 is 5.48. The Kier molecular flexibility index (Phi) is 5.15. The summed E-state index contributed by atoms with van der Waals surface area (Å²) in [6.45, 7) is 2.74. The molecular weight excluding hydrogens is 266 g/mol. The molecule has 21 heavy (non-hydrogen) atoms. The molecule has 0 saturated heterocycles. The lowest BCUT2D eigenvalue weighted by atomic mass is 10.2. The molecule has 1 aromatic heterocycles. The largest absolute Gasteiger partial charge is 0.493 e. The number of nitrogens with one attached hydrogen (secondary N) is 1. The number of hydrogen-bond donors (Lipinski definition) is 2. The van der Waals surface area contributed by atoms with E-state index in [1.807, 2.05) is 19.1 Å². The van der Waals surface area contributed by atoms with Crippen LogP contribution in [0, 0.1) is 6.92 Å². The van der Waals surface area contributed by atoms with Crippen LogP contribution in [0.5, 0.6) is 5.75 Å². The van der Waals surface area contributed by atoms with Crippen LogP contribution in [-0.2, 0) is 11.3 Å². The van der Waals surface area contributed by atoms with Gasteiger partial charge in [-0.3, -0.25) is 9.78 Å². The number of carbonyl (C=O) groups excluding carboxylic acids is 1. The van der Waals surface area contributed by atoms with Gasteiger partial charge in [-0.15, -0.1) is 0 Å². The molecule has 5 heteroatoms. The van der Waals surface area contributed by atoms with Crippen LogP contribution in [0.2, 0.25) is 0 Å². The molecule has 0 spiro atoms. The van der Waals surface area contributed by atoms with Gasteiger partial charge in [0.1, 0.15) is 5.75 Å². The third-order valence-electron chi connectivity index (χ3n) is 3.05. The number of benzene rings is 1. The molecule has 0 bridgehead atoms. The highest BCUT2D eigenvalue weighted by molar-refractivity contribution is 5.75. The Balaban J connectivity index is 1.70. The lowest BCUT2D eigenvalue weighted by molar-refractivity contribution is -0.121. The SMILES string of the molecule is Cc1cccnc1CNC(=O)CCOc1ccc(N)cc1. The first-order valence-electron chi connectivity index (χ1n) is 6.80. The first kappa shape index (κ1) is 14.8. The number of ether oxygens (including phenoxy) is 1. The minimum atomic E-state index is -0.0597. The minimum absolute atomic E-state index is 0.0597. The summed E-state index contributed by atoms with van der Waals surface area (Å²) in [4.78, 5) is 16.0. The second-order valence-electron chi connectivity index (χ2n) is 4.71. The Bertz CT molecular complexity index is 597. The molecule has 1 aromatic carbocycles. The highest BCUT2D eigenvalue weighted by atomic mass is 16.5. The molecular formula is C16H19N3O2. The molecule has 0 fully saturated rings. The Morgan fingerprint density at radius 2 is 2.05 bits per heavy atom. The third kappa shape index (κ3) is 4.80. The molecule has 3 N–H and O–H groups in total. The fourth-order valence-electron chi connectivity index (χ4n) is 1.80. The van der Waals surface area contributed by atoms with E-state index < -0.39 is 0 Å². The van der Waals surface area contributed by atoms with Gasteiger partial charge in [0, 0.05) is 11.9 Å². The van der Waals surface area contributed by atoms with E-state index in [0.717, 1.165) is 11.3 Å². The lowest BCUT2D eigenvalue weighted by Gasteiger charge is -2.08. The van der Waals surface area contributed by atoms with Crippen LogP contribution in [0.1, 0.15) is 17.7 Å². The van der Waals surface area contributed by atoms with Crippen molar-refractivity contribution < 1.29 is 9.53 Å². The zero-order valence-electron chi connectivity index (χ0n) is 12.0. The number of hydrogen-bond acceptors (Lipinski definition) is 4. The van der Waals surface area contributed by atoms with Crippen LogP contribution >= 0.6 is 0 Å². The maximum atomic E-state index is 11.7. The van der Waals surface area contributed by atoms with Gasteiger partial charge in [-0.1, -0.05) is 6.07 Å². The topological polar surface area (TPSA) is 77.2 Å². The van der Waals surface area contributed by atoms with E-state index in [0.29, 0.717) is 31.0 Å². The van der Waals surface area contributed by atoms with Gasteiger partial charge >= 0.3 is 0 Å². The molecule has 1 amide bonds. The van der Waals surface area contributed by atoms with Gasteiger partial charge in [0.05, 0.1) is 25.3 Å². The summed E-state index contributed by atoms with van der Waals surface area (Å²) >= 11 is 0. The van der Waals surface area contributed by atoms with Crippen LogP contribution < -0.4 is 15.8 Å². The predicted octanol–water partition coefficient (Wildman–Crippen LogP) is 2.06. The van der Waals surface area contributed by atoms with Gasteiger partial charge in [0.15, 0.2) is 0 Å². The second-order valence-corrected chi connectivity index (χ2v) is 4.71. The van der Waals surface area contributed by atoms with Crippen molar-refractivity contribution in [2.75, 3.05) is 12.3 Å². The molecule has 0 aliphatic carbocycles. The molecule has 0 unspecified atom stereocenters. The van der Waals surface area contributed by atoms with Crippen molar-refractivity contribution in [3.8, 4) is 5.75 Å². The van der Waals surface area contributed by atoms with E-state index in [2.05, 4.69) is 10.3 Å². The predicted molar refractivity (Wildman–Crippen MR) is 81.8 cm³/mol. The molecule has 0 saturated carbocycles. The van der Waals surface area contributed by atoms with Crippen molar-refractivity contribution in [2.45, 2.75) is 19.9 Å². The Morgan fingerprint density at radius 3 is 2.76 bits per heavy atom. The Hall–Kier alpha value is -2.56. The van der Waals surface area contributed by atoms with E-state index in [4.69, 9.17) is 10.5 Å². The van der Waals surface area contributed by atoms with Crippen LogP contribution in [0.4, 0.5) is 5.69 Å². The molecule has 0 radical (unpaired) electrons. The summed E-state index contributed by atoms with van der Waals surface area (Å²) in [6, 6.07) is 10.9. The molecule has 0 atom stereocenters. The number of aryl methyl sites for hydroxylation is 1. The van der Waals surface area contributed by atoms with Crippen LogP contribution in [-0.4, -0.2) is 17.5 Å². The Morgan fingerprint density at radius 1 is 1.29 bits per heavy atom. The van der Waals surface area contributed by atoms with Crippen molar-refractivity contribution in [3.63, 3.8) is 0 Å². The minimum Gasteiger partial charge on any atom is -0.493 e. The highest BCUT2D eigenvalue weighted by Crippen LogP contribution is 2.13. The number of nitrogens with two attached hydrogens (primary N) is 1. The average molecular weight is 285 g/mol. The van der Waals surface area contributed by atoms with Crippen molar-refractivity contribution >= 4 is 11.6 Å². The van der Waals surface area contributed by atoms with Gasteiger partial charge in [-0.25, -0.2) is 0 Å². The van der Waals surface area contributed by atoms with Crippen LogP contribution in [0.25, 0.3) is 0 Å². The quantitative estimate of drug-likeness (QED) is 0.796. The number of amides is 1. The van der Waals surface area contributed by atoms with Crippen molar-refractivity contribution in [2.24, 2.45) is 0 Å². The van der Waals surface area contributed by atoms with E-state index in [1.54, 1.807) is 30.5 Å². The standard InChI is InChI=1S/C16H19N3O2/c1-12-3-2-9-18-15(12)11-19-16(20)8-10-21-14-6-4-13(17)5-7-14/h2-7,9H,8,10-11,17H2,1H3,(H,19,20). The van der Waals surface area contributed by atoms with Crippen molar-refractivity contribution in [1.82, 2.24) is 10.3 Å². The van der Waals surface area contributed by atoms with Crippen LogP contribution in [0.3, 0.4) is 0 Å². The molecule has 2 aromatic rings. The van der Waals surface area contributed by atoms with Gasteiger partial charge in [-0.2, -0.15) is 0 Å². The normalized spacial score (nSPS) is 10.1. The molecule has 0 aliphatic heterocycles. The summed E-state index contributed by atoms with van der Waals surface area (Å²) in [6.07, 6.45) is 2.02. The first-order valence-corrected chi connectivity index (χ1v) is 6.80. The van der Waals surface area contributed by atoms with Crippen molar-refractivity contribution in [3.05, 3.63) is 53.9 Å².